The molecule has 0 amide bonds. The Labute approximate surface area is 133 Å². The zero-order chi connectivity index (χ0) is 15.8. The molecular formula is C19H26NO2+. The molecule has 0 saturated carbocycles. The highest BCUT2D eigenvalue weighted by Crippen LogP contribution is 2.12. The normalized spacial score (nSPS) is 13.6. The molecule has 3 nitrogen and oxygen atoms in total. The van der Waals surface area contributed by atoms with Crippen LogP contribution in [-0.2, 0) is 6.42 Å². The number of benzene rings is 2. The summed E-state index contributed by atoms with van der Waals surface area (Å²) in [5, 5.41) is 12.2. The van der Waals surface area contributed by atoms with Gasteiger partial charge < -0.3 is 15.2 Å². The monoisotopic (exact) mass is 300 g/mol. The lowest BCUT2D eigenvalue weighted by atomic mass is 10.1. The van der Waals surface area contributed by atoms with Crippen LogP contribution in [0.4, 0.5) is 0 Å². The largest absolute Gasteiger partial charge is 0.491 e. The first kappa shape index (κ1) is 16.5. The van der Waals surface area contributed by atoms with Gasteiger partial charge in [-0.05, 0) is 31.0 Å². The molecule has 0 saturated heterocycles. The Bertz CT molecular complexity index is 539. The fourth-order valence-electron chi connectivity index (χ4n) is 2.34. The van der Waals surface area contributed by atoms with Gasteiger partial charge in [-0.2, -0.15) is 0 Å². The molecule has 0 aromatic heterocycles. The van der Waals surface area contributed by atoms with Crippen molar-refractivity contribution in [3.05, 3.63) is 65.7 Å². The lowest BCUT2D eigenvalue weighted by Crippen LogP contribution is -2.87. The second-order valence-electron chi connectivity index (χ2n) is 5.63. The quantitative estimate of drug-likeness (QED) is 0.786. The number of aryl methyl sites for hydroxylation is 1. The molecule has 0 aliphatic carbocycles. The van der Waals surface area contributed by atoms with Gasteiger partial charge in [0.1, 0.15) is 31.0 Å². The van der Waals surface area contributed by atoms with Crippen LogP contribution in [0, 0.1) is 0 Å². The van der Waals surface area contributed by atoms with E-state index in [9.17, 15) is 5.11 Å². The maximum Gasteiger partial charge on any atom is 0.137 e. The summed E-state index contributed by atoms with van der Waals surface area (Å²) in [6, 6.07) is 18.7. The van der Waals surface area contributed by atoms with Gasteiger partial charge in [0.2, 0.25) is 0 Å². The average molecular weight is 300 g/mol. The molecule has 2 atom stereocenters. The fourth-order valence-corrected chi connectivity index (χ4v) is 2.34. The van der Waals surface area contributed by atoms with Crippen molar-refractivity contribution < 1.29 is 15.2 Å². The van der Waals surface area contributed by atoms with Crippen LogP contribution < -0.4 is 10.1 Å². The van der Waals surface area contributed by atoms with E-state index in [1.807, 2.05) is 30.3 Å². The molecule has 2 aromatic carbocycles. The highest BCUT2D eigenvalue weighted by molar-refractivity contribution is 5.27. The Kier molecular flexibility index (Phi) is 6.44. The van der Waals surface area contributed by atoms with Gasteiger partial charge in [0.15, 0.2) is 0 Å². The number of ether oxygens (including phenoxy) is 1. The maximum absolute atomic E-state index is 10.1. The first-order chi connectivity index (χ1) is 10.7. The van der Waals surface area contributed by atoms with Crippen molar-refractivity contribution in [1.82, 2.24) is 0 Å². The van der Waals surface area contributed by atoms with Gasteiger partial charge in [0.25, 0.3) is 0 Å². The Hall–Kier alpha value is -1.84. The first-order valence-corrected chi connectivity index (χ1v) is 7.97. The van der Waals surface area contributed by atoms with Crippen LogP contribution in [0.1, 0.15) is 31.0 Å². The van der Waals surface area contributed by atoms with E-state index in [2.05, 4.69) is 43.4 Å². The summed E-state index contributed by atoms with van der Waals surface area (Å²) < 4.78 is 5.64. The molecule has 0 radical (unpaired) electrons. The van der Waals surface area contributed by atoms with E-state index in [1.165, 1.54) is 11.1 Å². The molecule has 118 valence electrons. The molecule has 3 heteroatoms. The van der Waals surface area contributed by atoms with Gasteiger partial charge >= 0.3 is 0 Å². The van der Waals surface area contributed by atoms with Gasteiger partial charge in [-0.15, -0.1) is 0 Å². The molecule has 3 N–H and O–H groups in total. The smallest absolute Gasteiger partial charge is 0.137 e. The second-order valence-corrected chi connectivity index (χ2v) is 5.63. The van der Waals surface area contributed by atoms with Crippen LogP contribution in [0.2, 0.25) is 0 Å². The molecule has 0 fully saturated rings. The van der Waals surface area contributed by atoms with E-state index in [4.69, 9.17) is 4.74 Å². The van der Waals surface area contributed by atoms with E-state index in [1.54, 1.807) is 0 Å². The van der Waals surface area contributed by atoms with Crippen molar-refractivity contribution in [2.75, 3.05) is 13.2 Å². The maximum atomic E-state index is 10.1. The van der Waals surface area contributed by atoms with Crippen LogP contribution in [0.5, 0.6) is 5.75 Å². The standard InChI is InChI=1S/C19H25NO2/c1-3-16-9-11-19(12-10-16)22-14-18(21)13-20-15(2)17-7-5-4-6-8-17/h4-12,15,18,20-21H,3,13-14H2,1-2H3/p+1. The van der Waals surface area contributed by atoms with Crippen LogP contribution in [0.3, 0.4) is 0 Å². The highest BCUT2D eigenvalue weighted by atomic mass is 16.5. The highest BCUT2D eigenvalue weighted by Gasteiger charge is 2.12. The SMILES string of the molecule is CCc1ccc(OCC(O)C[NH2+]C(C)c2ccccc2)cc1. The zero-order valence-corrected chi connectivity index (χ0v) is 13.4. The Morgan fingerprint density at radius 2 is 1.73 bits per heavy atom. The lowest BCUT2D eigenvalue weighted by molar-refractivity contribution is -0.698. The van der Waals surface area contributed by atoms with Gasteiger partial charge in [-0.25, -0.2) is 0 Å². The minimum Gasteiger partial charge on any atom is -0.491 e. The molecule has 2 unspecified atom stereocenters. The predicted molar refractivity (Wildman–Crippen MR) is 89.0 cm³/mol. The number of aliphatic hydroxyl groups is 1. The van der Waals surface area contributed by atoms with Gasteiger partial charge in [0, 0.05) is 5.56 Å². The summed E-state index contributed by atoms with van der Waals surface area (Å²) in [6.07, 6.45) is 0.548. The van der Waals surface area contributed by atoms with E-state index >= 15 is 0 Å². The number of hydrogen-bond donors (Lipinski definition) is 2. The van der Waals surface area contributed by atoms with E-state index < -0.39 is 6.10 Å². The summed E-state index contributed by atoms with van der Waals surface area (Å²) >= 11 is 0. The third-order valence-corrected chi connectivity index (χ3v) is 3.86. The van der Waals surface area contributed by atoms with Crippen molar-refractivity contribution in [2.24, 2.45) is 0 Å². The number of nitrogens with two attached hydrogens (primary N) is 1. The van der Waals surface area contributed by atoms with Crippen LogP contribution in [-0.4, -0.2) is 24.4 Å². The van der Waals surface area contributed by atoms with Crippen molar-refractivity contribution in [2.45, 2.75) is 32.4 Å². The van der Waals surface area contributed by atoms with Gasteiger partial charge in [-0.3, -0.25) is 0 Å². The number of rotatable bonds is 8. The van der Waals surface area contributed by atoms with E-state index in [-0.39, 0.29) is 0 Å². The van der Waals surface area contributed by atoms with Crippen molar-refractivity contribution in [3.8, 4) is 5.75 Å². The first-order valence-electron chi connectivity index (χ1n) is 7.97. The number of hydrogen-bond acceptors (Lipinski definition) is 2. The third kappa shape index (κ3) is 5.17. The molecule has 2 aromatic rings. The Balaban J connectivity index is 1.72. The van der Waals surface area contributed by atoms with Crippen molar-refractivity contribution in [1.29, 1.82) is 0 Å². The molecule has 22 heavy (non-hydrogen) atoms. The number of aliphatic hydroxyl groups excluding tert-OH is 1. The summed E-state index contributed by atoms with van der Waals surface area (Å²) in [7, 11) is 0. The van der Waals surface area contributed by atoms with Gasteiger partial charge in [-0.1, -0.05) is 49.4 Å². The minimum absolute atomic E-state index is 0.323. The predicted octanol–water partition coefficient (Wildman–Crippen LogP) is 2.31. The fraction of sp³-hybridized carbons (Fsp3) is 0.368. The summed E-state index contributed by atoms with van der Waals surface area (Å²) in [4.78, 5) is 0. The molecule has 0 heterocycles. The van der Waals surface area contributed by atoms with Crippen molar-refractivity contribution >= 4 is 0 Å². The van der Waals surface area contributed by atoms with Crippen LogP contribution in [0.15, 0.2) is 54.6 Å². The molecule has 0 aliphatic rings. The minimum atomic E-state index is -0.475. The van der Waals surface area contributed by atoms with Crippen LogP contribution >= 0.6 is 0 Å². The second kappa shape index (κ2) is 8.57. The molecule has 0 spiro atoms. The van der Waals surface area contributed by atoms with E-state index in [0.29, 0.717) is 19.2 Å². The average Bonchev–Trinajstić information content (AvgIpc) is 2.59. The number of quaternary nitrogens is 1. The molecule has 0 bridgehead atoms. The van der Waals surface area contributed by atoms with Crippen molar-refractivity contribution in [3.63, 3.8) is 0 Å². The molecule has 2 rings (SSSR count). The topological polar surface area (TPSA) is 46.1 Å². The summed E-state index contributed by atoms with van der Waals surface area (Å²) in [6.45, 7) is 5.22. The summed E-state index contributed by atoms with van der Waals surface area (Å²) in [5.41, 5.74) is 2.56. The summed E-state index contributed by atoms with van der Waals surface area (Å²) in [5.74, 6) is 0.812. The van der Waals surface area contributed by atoms with E-state index in [0.717, 1.165) is 12.2 Å². The molecular weight excluding hydrogens is 274 g/mol. The third-order valence-electron chi connectivity index (χ3n) is 3.86. The molecule has 0 aliphatic heterocycles. The Morgan fingerprint density at radius 1 is 1.05 bits per heavy atom. The lowest BCUT2D eigenvalue weighted by Gasteiger charge is -2.15. The van der Waals surface area contributed by atoms with Gasteiger partial charge in [0.05, 0.1) is 0 Å². The zero-order valence-electron chi connectivity index (χ0n) is 13.4. The van der Waals surface area contributed by atoms with Crippen LogP contribution in [0.25, 0.3) is 0 Å². The Morgan fingerprint density at radius 3 is 2.36 bits per heavy atom.